The zero-order valence-corrected chi connectivity index (χ0v) is 15.6. The molecule has 3 rings (SSSR count). The lowest BCUT2D eigenvalue weighted by atomic mass is 10.2. The van der Waals surface area contributed by atoms with E-state index < -0.39 is 0 Å². The number of halogens is 1. The van der Waals surface area contributed by atoms with Gasteiger partial charge in [-0.2, -0.15) is 5.10 Å². The van der Waals surface area contributed by atoms with E-state index in [0.717, 1.165) is 14.0 Å². The molecule has 0 aliphatic carbocycles. The summed E-state index contributed by atoms with van der Waals surface area (Å²) in [5, 5.41) is 9.03. The Morgan fingerprint density at radius 3 is 2.67 bits per heavy atom. The minimum absolute atomic E-state index is 0.0948. The van der Waals surface area contributed by atoms with Crippen molar-refractivity contribution in [1.29, 1.82) is 0 Å². The predicted molar refractivity (Wildman–Crippen MR) is 103 cm³/mol. The molecule has 0 atom stereocenters. The van der Waals surface area contributed by atoms with E-state index in [1.165, 1.54) is 22.1 Å². The van der Waals surface area contributed by atoms with Crippen LogP contribution in [-0.4, -0.2) is 15.7 Å². The maximum atomic E-state index is 12.1. The highest BCUT2D eigenvalue weighted by Gasteiger charge is 2.08. The van der Waals surface area contributed by atoms with Gasteiger partial charge in [0.25, 0.3) is 5.56 Å². The Bertz CT molecular complexity index is 889. The summed E-state index contributed by atoms with van der Waals surface area (Å²) in [6.07, 6.45) is 0. The lowest BCUT2D eigenvalue weighted by Gasteiger charge is -2.08. The van der Waals surface area contributed by atoms with E-state index in [1.807, 2.05) is 41.8 Å². The third kappa shape index (κ3) is 4.30. The Morgan fingerprint density at radius 1 is 1.17 bits per heavy atom. The van der Waals surface area contributed by atoms with Gasteiger partial charge in [-0.25, -0.2) is 4.68 Å². The van der Waals surface area contributed by atoms with Gasteiger partial charge < -0.3 is 5.32 Å². The normalized spacial score (nSPS) is 10.5. The van der Waals surface area contributed by atoms with E-state index in [2.05, 4.69) is 33.0 Å². The van der Waals surface area contributed by atoms with Gasteiger partial charge in [0.1, 0.15) is 12.2 Å². The maximum absolute atomic E-state index is 12.1. The number of benzene rings is 1. The van der Waals surface area contributed by atoms with E-state index in [-0.39, 0.29) is 18.0 Å². The molecule has 1 N–H and O–H groups in total. The number of aromatic nitrogens is 2. The number of hydrogen-bond acceptors (Lipinski definition) is 4. The first kappa shape index (κ1) is 16.8. The van der Waals surface area contributed by atoms with Crippen LogP contribution in [0.1, 0.15) is 5.56 Å². The van der Waals surface area contributed by atoms with Gasteiger partial charge in [0, 0.05) is 16.2 Å². The van der Waals surface area contributed by atoms with Crippen LogP contribution in [0.4, 0.5) is 0 Å². The molecule has 1 aromatic carbocycles. The van der Waals surface area contributed by atoms with Crippen molar-refractivity contribution in [2.24, 2.45) is 0 Å². The lowest BCUT2D eigenvalue weighted by molar-refractivity contribution is -0.122. The first-order valence-corrected chi connectivity index (χ1v) is 9.21. The third-order valence-electron chi connectivity index (χ3n) is 3.34. The van der Waals surface area contributed by atoms with Crippen LogP contribution in [0.25, 0.3) is 10.6 Å². The molecule has 0 bridgehead atoms. The topological polar surface area (TPSA) is 64.0 Å². The number of amides is 1. The molecule has 0 aliphatic heterocycles. The second-order valence-electron chi connectivity index (χ2n) is 5.09. The van der Waals surface area contributed by atoms with Gasteiger partial charge in [-0.15, -0.1) is 11.3 Å². The largest absolute Gasteiger partial charge is 0.350 e. The molecular formula is C17H14IN3O2S. The number of nitrogens with one attached hydrogen (secondary N) is 1. The van der Waals surface area contributed by atoms with Crippen molar-refractivity contribution in [3.05, 3.63) is 73.4 Å². The van der Waals surface area contributed by atoms with Crippen LogP contribution in [-0.2, 0) is 17.9 Å². The molecule has 24 heavy (non-hydrogen) atoms. The summed E-state index contributed by atoms with van der Waals surface area (Å²) in [6.45, 7) is 0.331. The number of rotatable bonds is 5. The summed E-state index contributed by atoms with van der Waals surface area (Å²) >= 11 is 3.77. The van der Waals surface area contributed by atoms with Gasteiger partial charge in [-0.3, -0.25) is 9.59 Å². The Morgan fingerprint density at radius 2 is 1.96 bits per heavy atom. The average Bonchev–Trinajstić information content (AvgIpc) is 3.11. The molecule has 7 heteroatoms. The van der Waals surface area contributed by atoms with E-state index in [0.29, 0.717) is 12.2 Å². The van der Waals surface area contributed by atoms with E-state index in [1.54, 1.807) is 6.07 Å². The SMILES string of the molecule is O=C(Cn1nc(-c2cccs2)ccc1=O)NCc1ccc(I)cc1. The second kappa shape index (κ2) is 7.71. The Labute approximate surface area is 156 Å². The van der Waals surface area contributed by atoms with Crippen LogP contribution in [0.5, 0.6) is 0 Å². The molecule has 0 saturated heterocycles. The molecule has 0 unspecified atom stereocenters. The van der Waals surface area contributed by atoms with Gasteiger partial charge in [-0.1, -0.05) is 18.2 Å². The fraction of sp³-hybridized carbons (Fsp3) is 0.118. The molecular weight excluding hydrogens is 437 g/mol. The molecule has 122 valence electrons. The quantitative estimate of drug-likeness (QED) is 0.607. The minimum atomic E-state index is -0.292. The van der Waals surface area contributed by atoms with E-state index in [4.69, 9.17) is 0 Å². The Hall–Kier alpha value is -2.00. The number of hydrogen-bond donors (Lipinski definition) is 1. The van der Waals surface area contributed by atoms with Crippen LogP contribution in [0, 0.1) is 3.57 Å². The fourth-order valence-electron chi connectivity index (χ4n) is 2.11. The summed E-state index contributed by atoms with van der Waals surface area (Å²) < 4.78 is 2.34. The van der Waals surface area contributed by atoms with Crippen molar-refractivity contribution in [2.75, 3.05) is 0 Å². The van der Waals surface area contributed by atoms with Crippen LogP contribution in [0.3, 0.4) is 0 Å². The molecule has 2 aromatic heterocycles. The molecule has 1 amide bonds. The third-order valence-corrected chi connectivity index (χ3v) is 4.95. The molecule has 0 spiro atoms. The van der Waals surface area contributed by atoms with Gasteiger partial charge >= 0.3 is 0 Å². The highest BCUT2D eigenvalue weighted by atomic mass is 127. The van der Waals surface area contributed by atoms with Gasteiger partial charge in [-0.05, 0) is 57.8 Å². The second-order valence-corrected chi connectivity index (χ2v) is 7.29. The van der Waals surface area contributed by atoms with Gasteiger partial charge in [0.2, 0.25) is 5.91 Å². The van der Waals surface area contributed by atoms with Crippen LogP contribution in [0.15, 0.2) is 58.7 Å². The minimum Gasteiger partial charge on any atom is -0.350 e. The van der Waals surface area contributed by atoms with Gasteiger partial charge in [0.05, 0.1) is 4.88 Å². The number of carbonyl (C=O) groups excluding carboxylic acids is 1. The number of carbonyl (C=O) groups is 1. The van der Waals surface area contributed by atoms with Crippen LogP contribution < -0.4 is 10.9 Å². The highest BCUT2D eigenvalue weighted by molar-refractivity contribution is 14.1. The first-order valence-electron chi connectivity index (χ1n) is 7.25. The van der Waals surface area contributed by atoms with Crippen molar-refractivity contribution in [1.82, 2.24) is 15.1 Å². The summed E-state index contributed by atoms with van der Waals surface area (Å²) in [5.41, 5.74) is 1.41. The fourth-order valence-corrected chi connectivity index (χ4v) is 3.16. The molecule has 0 radical (unpaired) electrons. The van der Waals surface area contributed by atoms with E-state index >= 15 is 0 Å². The smallest absolute Gasteiger partial charge is 0.267 e. The maximum Gasteiger partial charge on any atom is 0.267 e. The molecule has 5 nitrogen and oxygen atoms in total. The lowest BCUT2D eigenvalue weighted by Crippen LogP contribution is -2.33. The number of thiophene rings is 1. The first-order chi connectivity index (χ1) is 11.6. The highest BCUT2D eigenvalue weighted by Crippen LogP contribution is 2.20. The van der Waals surface area contributed by atoms with Crippen molar-refractivity contribution in [3.8, 4) is 10.6 Å². The Kier molecular flexibility index (Phi) is 5.41. The predicted octanol–water partition coefficient (Wildman–Crippen LogP) is 2.89. The summed E-state index contributed by atoms with van der Waals surface area (Å²) in [4.78, 5) is 25.0. The molecule has 3 aromatic rings. The average molecular weight is 451 g/mol. The zero-order chi connectivity index (χ0) is 16.9. The number of nitrogens with zero attached hydrogens (tertiary/aromatic N) is 2. The van der Waals surface area contributed by atoms with Crippen molar-refractivity contribution in [2.45, 2.75) is 13.1 Å². The Balaban J connectivity index is 1.66. The van der Waals surface area contributed by atoms with Crippen molar-refractivity contribution < 1.29 is 4.79 Å². The van der Waals surface area contributed by atoms with Gasteiger partial charge in [0.15, 0.2) is 0 Å². The summed E-state index contributed by atoms with van der Waals surface area (Å²) in [7, 11) is 0. The molecule has 0 fully saturated rings. The monoisotopic (exact) mass is 451 g/mol. The van der Waals surface area contributed by atoms with Crippen molar-refractivity contribution >= 4 is 39.8 Å². The molecule has 2 heterocycles. The van der Waals surface area contributed by atoms with Crippen molar-refractivity contribution in [3.63, 3.8) is 0 Å². The zero-order valence-electron chi connectivity index (χ0n) is 12.6. The summed E-state index contributed by atoms with van der Waals surface area (Å²) in [5.74, 6) is -0.244. The summed E-state index contributed by atoms with van der Waals surface area (Å²) in [6, 6.07) is 14.9. The van der Waals surface area contributed by atoms with E-state index in [9.17, 15) is 9.59 Å². The molecule has 0 saturated carbocycles. The molecule has 0 aliphatic rings. The standard InChI is InChI=1S/C17H14IN3O2S/c18-13-5-3-12(4-6-13)10-19-16(22)11-21-17(23)8-7-14(20-21)15-2-1-9-24-15/h1-9H,10-11H2,(H,19,22). The van der Waals surface area contributed by atoms with Crippen LogP contribution in [0.2, 0.25) is 0 Å². The van der Waals surface area contributed by atoms with Crippen LogP contribution >= 0.6 is 33.9 Å².